The van der Waals surface area contributed by atoms with E-state index < -0.39 is 31.4 Å². The molecule has 3 heterocycles. The highest BCUT2D eigenvalue weighted by Gasteiger charge is 2.34. The van der Waals surface area contributed by atoms with Gasteiger partial charge in [0.2, 0.25) is 0 Å². The first kappa shape index (κ1) is 42.3. The molecule has 4 N–H and O–H groups in total. The summed E-state index contributed by atoms with van der Waals surface area (Å²) >= 11 is 6.35. The Hall–Kier alpha value is -5.41. The van der Waals surface area contributed by atoms with Crippen LogP contribution in [0.3, 0.4) is 0 Å². The van der Waals surface area contributed by atoms with Gasteiger partial charge in [-0.1, -0.05) is 37.6 Å². The van der Waals surface area contributed by atoms with Gasteiger partial charge in [-0.25, -0.2) is 13.1 Å². The number of H-pyrrole nitrogens is 1. The van der Waals surface area contributed by atoms with Crippen molar-refractivity contribution >= 4 is 66.6 Å². The molecule has 0 unspecified atom stereocenters. The third kappa shape index (κ3) is 9.27. The molecule has 2 saturated heterocycles. The van der Waals surface area contributed by atoms with Gasteiger partial charge in [-0.3, -0.25) is 14.9 Å². The predicted octanol–water partition coefficient (Wildman–Crippen LogP) is 9.32. The number of rotatable bonds is 12. The molecule has 61 heavy (non-hydrogen) atoms. The molecule has 0 bridgehead atoms. The molecule has 320 valence electrons. The molecule has 8 rings (SSSR count). The van der Waals surface area contributed by atoms with Crippen molar-refractivity contribution in [3.63, 3.8) is 0 Å². The van der Waals surface area contributed by atoms with Crippen LogP contribution in [-0.4, -0.2) is 70.2 Å². The minimum Gasteiger partial charge on any atom is -0.454 e. The molecule has 0 saturated carbocycles. The number of anilines is 2. The lowest BCUT2D eigenvalue weighted by atomic mass is 9.70. The number of fused-ring (bicyclic) bond motifs is 1. The van der Waals surface area contributed by atoms with E-state index in [1.54, 1.807) is 6.07 Å². The van der Waals surface area contributed by atoms with Crippen molar-refractivity contribution in [2.45, 2.75) is 57.8 Å². The number of amides is 1. The average molecular weight is 867 g/mol. The molecule has 3 aliphatic rings. The number of carbonyl (C=O) groups excluding carboxylic acids is 1. The first-order chi connectivity index (χ1) is 29.3. The standard InChI is InChI=1S/C46H51ClN6O7S/c1-29-37(36-14-16-46(2,3)26-39(36)31-6-8-33(47)9-7-31)25-38(44(43(29)52-20-18-48-19-21-52)60-34-10-12-40-32(23-34)15-17-49-40)45(54)51-61(57,58)35-11-13-41(42(24-35)53(55)56)50-27-30-5-4-22-59-28-30/h6-13,15,17,23-25,30,48-50H,4-5,14,16,18-22,26-28H2,1-3H3,(H,51,54)/t30-/m0/s1. The first-order valence-corrected chi connectivity index (χ1v) is 22.7. The van der Waals surface area contributed by atoms with E-state index in [0.717, 1.165) is 70.5 Å². The smallest absolute Gasteiger partial charge is 0.293 e. The van der Waals surface area contributed by atoms with E-state index >= 15 is 0 Å². The normalized spacial score (nSPS) is 18.2. The molecule has 1 aromatic heterocycles. The van der Waals surface area contributed by atoms with E-state index in [2.05, 4.69) is 39.1 Å². The zero-order valence-electron chi connectivity index (χ0n) is 34.6. The number of nitrogens with one attached hydrogen (secondary N) is 4. The SMILES string of the molecule is Cc1c(C2=C(c3ccc(Cl)cc3)CC(C)(C)CC2)cc(C(=O)NS(=O)(=O)c2ccc(NC[C@@H]3CCCOC3)c([N+](=O)[O-])c2)c(Oc2ccc3[nH]ccc3c2)c1N1CCNCC1. The van der Waals surface area contributed by atoms with Crippen LogP contribution in [0.15, 0.2) is 83.9 Å². The second kappa shape index (κ2) is 17.5. The van der Waals surface area contributed by atoms with Gasteiger partial charge >= 0.3 is 0 Å². The monoisotopic (exact) mass is 866 g/mol. The van der Waals surface area contributed by atoms with Crippen LogP contribution >= 0.6 is 11.6 Å². The van der Waals surface area contributed by atoms with E-state index in [1.807, 2.05) is 61.7 Å². The highest BCUT2D eigenvalue weighted by molar-refractivity contribution is 7.90. The average Bonchev–Trinajstić information content (AvgIpc) is 3.72. The summed E-state index contributed by atoms with van der Waals surface area (Å²) in [5, 5.41) is 20.3. The van der Waals surface area contributed by atoms with Gasteiger partial charge in [0.15, 0.2) is 5.75 Å². The molecule has 2 fully saturated rings. The second-order valence-corrected chi connectivity index (χ2v) is 19.1. The van der Waals surface area contributed by atoms with Crippen molar-refractivity contribution < 1.29 is 27.6 Å². The second-order valence-electron chi connectivity index (χ2n) is 17.0. The number of ether oxygens (including phenoxy) is 2. The topological polar surface area (TPSA) is 168 Å². The molecule has 5 aromatic rings. The van der Waals surface area contributed by atoms with Crippen LogP contribution in [0.1, 0.15) is 73.0 Å². The van der Waals surface area contributed by atoms with Crippen LogP contribution < -0.4 is 25.0 Å². The van der Waals surface area contributed by atoms with Gasteiger partial charge in [0.05, 0.1) is 27.7 Å². The van der Waals surface area contributed by atoms with Crippen molar-refractivity contribution in [1.29, 1.82) is 0 Å². The lowest BCUT2D eigenvalue weighted by Crippen LogP contribution is -2.44. The van der Waals surface area contributed by atoms with Crippen molar-refractivity contribution in [1.82, 2.24) is 15.0 Å². The summed E-state index contributed by atoms with van der Waals surface area (Å²) in [5.41, 5.74) is 6.31. The lowest BCUT2D eigenvalue weighted by molar-refractivity contribution is -0.384. The van der Waals surface area contributed by atoms with Crippen LogP contribution in [0.4, 0.5) is 17.1 Å². The number of nitro benzene ring substituents is 1. The number of benzene rings is 4. The Bertz CT molecular complexity index is 2610. The number of carbonyl (C=O) groups is 1. The van der Waals surface area contributed by atoms with Crippen LogP contribution in [0, 0.1) is 28.4 Å². The molecule has 15 heteroatoms. The summed E-state index contributed by atoms with van der Waals surface area (Å²) in [7, 11) is -4.65. The molecular formula is C46H51ClN6O7S. The quantitative estimate of drug-likeness (QED) is 0.0701. The van der Waals surface area contributed by atoms with E-state index in [0.29, 0.717) is 68.8 Å². The Morgan fingerprint density at radius 3 is 2.57 bits per heavy atom. The third-order valence-electron chi connectivity index (χ3n) is 12.1. The van der Waals surface area contributed by atoms with Crippen LogP contribution in [0.5, 0.6) is 11.5 Å². The number of halogens is 1. The van der Waals surface area contributed by atoms with E-state index in [9.17, 15) is 23.3 Å². The Morgan fingerprint density at radius 1 is 1.05 bits per heavy atom. The zero-order valence-corrected chi connectivity index (χ0v) is 36.2. The number of piperazine rings is 1. The van der Waals surface area contributed by atoms with Crippen LogP contribution in [-0.2, 0) is 14.8 Å². The summed E-state index contributed by atoms with van der Waals surface area (Å²) in [5.74, 6) is -0.0809. The summed E-state index contributed by atoms with van der Waals surface area (Å²) < 4.78 is 43.0. The van der Waals surface area contributed by atoms with Gasteiger partial charge in [0.25, 0.3) is 21.6 Å². The van der Waals surface area contributed by atoms with Crippen molar-refractivity contribution in [3.05, 3.63) is 116 Å². The summed E-state index contributed by atoms with van der Waals surface area (Å²) in [4.78, 5) is 31.5. The predicted molar refractivity (Wildman–Crippen MR) is 240 cm³/mol. The van der Waals surface area contributed by atoms with Crippen molar-refractivity contribution in [2.24, 2.45) is 11.3 Å². The van der Waals surface area contributed by atoms with Crippen molar-refractivity contribution in [3.8, 4) is 11.5 Å². The number of aromatic amines is 1. The van der Waals surface area contributed by atoms with Crippen LogP contribution in [0.25, 0.3) is 22.0 Å². The minimum atomic E-state index is -4.65. The largest absolute Gasteiger partial charge is 0.454 e. The first-order valence-electron chi connectivity index (χ1n) is 20.8. The zero-order chi connectivity index (χ0) is 42.9. The minimum absolute atomic E-state index is 0.0000814. The Kier molecular flexibility index (Phi) is 12.1. The number of nitro groups is 1. The van der Waals surface area contributed by atoms with E-state index in [4.69, 9.17) is 21.1 Å². The van der Waals surface area contributed by atoms with Gasteiger partial charge in [-0.2, -0.15) is 0 Å². The molecule has 0 radical (unpaired) electrons. The Morgan fingerprint density at radius 2 is 1.84 bits per heavy atom. The van der Waals surface area contributed by atoms with E-state index in [-0.39, 0.29) is 28.3 Å². The molecule has 1 aliphatic carbocycles. The van der Waals surface area contributed by atoms with Gasteiger partial charge in [0.1, 0.15) is 11.4 Å². The number of sulfonamides is 1. The molecule has 1 atom stereocenters. The van der Waals surface area contributed by atoms with Gasteiger partial charge in [-0.05, 0) is 133 Å². The maximum Gasteiger partial charge on any atom is 0.293 e. The molecule has 4 aromatic carbocycles. The number of nitrogens with zero attached hydrogens (tertiary/aromatic N) is 2. The molecule has 1 amide bonds. The van der Waals surface area contributed by atoms with Gasteiger partial charge in [0, 0.05) is 67.5 Å². The van der Waals surface area contributed by atoms with Crippen molar-refractivity contribution in [2.75, 3.05) is 56.2 Å². The fourth-order valence-corrected chi connectivity index (χ4v) is 9.87. The highest BCUT2D eigenvalue weighted by atomic mass is 35.5. The molecule has 2 aliphatic heterocycles. The Balaban J connectivity index is 1.26. The summed E-state index contributed by atoms with van der Waals surface area (Å²) in [6, 6.07) is 20.7. The molecular weight excluding hydrogens is 816 g/mol. The maximum atomic E-state index is 14.9. The van der Waals surface area contributed by atoms with E-state index in [1.165, 1.54) is 12.1 Å². The van der Waals surface area contributed by atoms with Gasteiger partial charge < -0.3 is 30.0 Å². The number of hydrogen-bond acceptors (Lipinski definition) is 10. The number of allylic oxidation sites excluding steroid dienone is 2. The van der Waals surface area contributed by atoms with Crippen LogP contribution in [0.2, 0.25) is 5.02 Å². The fraction of sp³-hybridized carbons (Fsp3) is 0.370. The lowest BCUT2D eigenvalue weighted by Gasteiger charge is -2.36. The third-order valence-corrected chi connectivity index (χ3v) is 13.6. The summed E-state index contributed by atoms with van der Waals surface area (Å²) in [6.07, 6.45) is 6.03. The Labute approximate surface area is 361 Å². The number of hydrogen-bond donors (Lipinski definition) is 4. The maximum absolute atomic E-state index is 14.9. The highest BCUT2D eigenvalue weighted by Crippen LogP contribution is 2.50. The summed E-state index contributed by atoms with van der Waals surface area (Å²) in [6.45, 7) is 10.8. The molecule has 0 spiro atoms. The van der Waals surface area contributed by atoms with Gasteiger partial charge in [-0.15, -0.1) is 0 Å². The fourth-order valence-electron chi connectivity index (χ4n) is 8.76. The number of aromatic nitrogens is 1. The molecule has 13 nitrogen and oxygen atoms in total.